The van der Waals surface area contributed by atoms with Crippen molar-refractivity contribution in [3.63, 3.8) is 0 Å². The smallest absolute Gasteiger partial charge is 0.199 e. The first kappa shape index (κ1) is 22.3. The maximum absolute atomic E-state index is 14.0. The molecule has 0 spiro atoms. The fourth-order valence-electron chi connectivity index (χ4n) is 4.05. The normalized spacial score (nSPS) is 14.5. The van der Waals surface area contributed by atoms with E-state index in [0.29, 0.717) is 22.0 Å². The van der Waals surface area contributed by atoms with Crippen LogP contribution in [0.5, 0.6) is 11.5 Å². The molecule has 2 heterocycles. The standard InChI is InChI=1S/C23H28FN5O2S/c1-30-20-14-16-18(15-21(20)31-2)26-23(32)27-22(16)25-8-5-9-28-10-12-29(13-11-28)19-7-4-3-6-17(19)24/h3-4,6-7,14-15H,5,8-13H2,1-2H3,(H2,25,26,27,32). The molecule has 0 saturated carbocycles. The van der Waals surface area contributed by atoms with Gasteiger partial charge in [0.05, 0.1) is 25.4 Å². The number of hydrogen-bond donors (Lipinski definition) is 2. The fourth-order valence-corrected chi connectivity index (χ4v) is 4.25. The van der Waals surface area contributed by atoms with Gasteiger partial charge in [-0.15, -0.1) is 0 Å². The highest BCUT2D eigenvalue weighted by atomic mass is 32.1. The number of benzene rings is 2. The van der Waals surface area contributed by atoms with Gasteiger partial charge in [0.1, 0.15) is 11.6 Å². The first-order chi connectivity index (χ1) is 15.6. The van der Waals surface area contributed by atoms with E-state index in [-0.39, 0.29) is 5.82 Å². The van der Waals surface area contributed by atoms with E-state index in [0.717, 1.165) is 62.4 Å². The van der Waals surface area contributed by atoms with Crippen LogP contribution < -0.4 is 19.7 Å². The van der Waals surface area contributed by atoms with E-state index in [4.69, 9.17) is 21.7 Å². The second-order valence-corrected chi connectivity index (χ2v) is 8.09. The van der Waals surface area contributed by atoms with Gasteiger partial charge in [0.25, 0.3) is 0 Å². The van der Waals surface area contributed by atoms with Crippen molar-refractivity contribution < 1.29 is 13.9 Å². The zero-order chi connectivity index (χ0) is 22.5. The lowest BCUT2D eigenvalue weighted by Gasteiger charge is -2.36. The lowest BCUT2D eigenvalue weighted by molar-refractivity contribution is 0.256. The highest BCUT2D eigenvalue weighted by Gasteiger charge is 2.19. The van der Waals surface area contributed by atoms with Gasteiger partial charge < -0.3 is 24.7 Å². The number of H-pyrrole nitrogens is 1. The molecule has 1 fully saturated rings. The van der Waals surface area contributed by atoms with E-state index in [9.17, 15) is 4.39 Å². The Morgan fingerprint density at radius 2 is 1.81 bits per heavy atom. The summed E-state index contributed by atoms with van der Waals surface area (Å²) in [6.07, 6.45) is 0.960. The quantitative estimate of drug-likeness (QED) is 0.390. The van der Waals surface area contributed by atoms with Gasteiger partial charge in [-0.25, -0.2) is 9.37 Å². The van der Waals surface area contributed by atoms with Crippen LogP contribution in [0.1, 0.15) is 6.42 Å². The van der Waals surface area contributed by atoms with Crippen molar-refractivity contribution in [3.05, 3.63) is 47.0 Å². The summed E-state index contributed by atoms with van der Waals surface area (Å²) in [6, 6.07) is 10.7. The molecule has 32 heavy (non-hydrogen) atoms. The van der Waals surface area contributed by atoms with Crippen LogP contribution in [-0.4, -0.2) is 68.4 Å². The Morgan fingerprint density at radius 1 is 1.09 bits per heavy atom. The summed E-state index contributed by atoms with van der Waals surface area (Å²) in [5.74, 6) is 1.86. The molecule has 1 aromatic heterocycles. The second kappa shape index (κ2) is 10.1. The molecule has 2 aromatic carbocycles. The number of nitrogens with zero attached hydrogens (tertiary/aromatic N) is 3. The zero-order valence-electron chi connectivity index (χ0n) is 18.4. The summed E-state index contributed by atoms with van der Waals surface area (Å²) in [6.45, 7) is 5.23. The monoisotopic (exact) mass is 457 g/mol. The molecule has 4 rings (SSSR count). The predicted molar refractivity (Wildman–Crippen MR) is 128 cm³/mol. The lowest BCUT2D eigenvalue weighted by Crippen LogP contribution is -2.47. The number of fused-ring (bicyclic) bond motifs is 1. The number of hydrogen-bond acceptors (Lipinski definition) is 7. The lowest BCUT2D eigenvalue weighted by atomic mass is 10.2. The van der Waals surface area contributed by atoms with Crippen molar-refractivity contribution >= 4 is 34.6 Å². The number of anilines is 2. The number of rotatable bonds is 8. The number of para-hydroxylation sites is 1. The van der Waals surface area contributed by atoms with Gasteiger partial charge in [0, 0.05) is 44.2 Å². The predicted octanol–water partition coefficient (Wildman–Crippen LogP) is 4.07. The maximum atomic E-state index is 14.0. The Balaban J connectivity index is 1.32. The van der Waals surface area contributed by atoms with Crippen LogP contribution >= 0.6 is 12.2 Å². The summed E-state index contributed by atoms with van der Waals surface area (Å²) in [5, 5.41) is 4.32. The molecule has 1 aliphatic heterocycles. The summed E-state index contributed by atoms with van der Waals surface area (Å²) in [5.41, 5.74) is 1.54. The molecule has 0 atom stereocenters. The average molecular weight is 458 g/mol. The molecule has 0 amide bonds. The summed E-state index contributed by atoms with van der Waals surface area (Å²) in [4.78, 5) is 12.1. The van der Waals surface area contributed by atoms with Crippen molar-refractivity contribution in [2.75, 3.05) is 63.7 Å². The first-order valence-electron chi connectivity index (χ1n) is 10.7. The third kappa shape index (κ3) is 4.94. The number of halogens is 1. The molecule has 0 aliphatic carbocycles. The van der Waals surface area contributed by atoms with Crippen molar-refractivity contribution in [2.24, 2.45) is 0 Å². The number of nitrogens with one attached hydrogen (secondary N) is 2. The van der Waals surface area contributed by atoms with E-state index in [1.807, 2.05) is 24.3 Å². The zero-order valence-corrected chi connectivity index (χ0v) is 19.2. The summed E-state index contributed by atoms with van der Waals surface area (Å²) < 4.78 is 25.2. The summed E-state index contributed by atoms with van der Waals surface area (Å²) in [7, 11) is 3.22. The van der Waals surface area contributed by atoms with E-state index in [1.54, 1.807) is 20.3 Å². The number of aromatic amines is 1. The molecular formula is C23H28FN5O2S. The molecule has 3 aromatic rings. The van der Waals surface area contributed by atoms with Crippen LogP contribution in [0.3, 0.4) is 0 Å². The van der Waals surface area contributed by atoms with Gasteiger partial charge in [0.2, 0.25) is 0 Å². The van der Waals surface area contributed by atoms with Gasteiger partial charge in [-0.3, -0.25) is 4.90 Å². The molecule has 7 nitrogen and oxygen atoms in total. The van der Waals surface area contributed by atoms with Gasteiger partial charge in [-0.2, -0.15) is 0 Å². The van der Waals surface area contributed by atoms with Crippen LogP contribution in [0.4, 0.5) is 15.9 Å². The molecule has 2 N–H and O–H groups in total. The highest BCUT2D eigenvalue weighted by Crippen LogP contribution is 2.33. The topological polar surface area (TPSA) is 65.7 Å². The van der Waals surface area contributed by atoms with E-state index in [1.165, 1.54) is 6.07 Å². The van der Waals surface area contributed by atoms with Gasteiger partial charge in [-0.05, 0) is 43.4 Å². The Hall–Kier alpha value is -2.91. The Bertz CT molecular complexity index is 1130. The average Bonchev–Trinajstić information content (AvgIpc) is 2.81. The van der Waals surface area contributed by atoms with Crippen molar-refractivity contribution in [2.45, 2.75) is 6.42 Å². The van der Waals surface area contributed by atoms with Crippen LogP contribution in [0.2, 0.25) is 0 Å². The largest absolute Gasteiger partial charge is 0.493 e. The Labute approximate surface area is 192 Å². The fraction of sp³-hybridized carbons (Fsp3) is 0.391. The second-order valence-electron chi connectivity index (χ2n) is 7.70. The molecule has 0 unspecified atom stereocenters. The van der Waals surface area contributed by atoms with Crippen LogP contribution in [0.25, 0.3) is 10.9 Å². The van der Waals surface area contributed by atoms with Gasteiger partial charge in [-0.1, -0.05) is 12.1 Å². The summed E-state index contributed by atoms with van der Waals surface area (Å²) >= 11 is 5.29. The third-order valence-electron chi connectivity index (χ3n) is 5.74. The van der Waals surface area contributed by atoms with Crippen molar-refractivity contribution in [3.8, 4) is 11.5 Å². The minimum Gasteiger partial charge on any atom is -0.493 e. The van der Waals surface area contributed by atoms with Crippen molar-refractivity contribution in [1.29, 1.82) is 0 Å². The molecule has 1 saturated heterocycles. The minimum atomic E-state index is -0.152. The maximum Gasteiger partial charge on any atom is 0.199 e. The third-order valence-corrected chi connectivity index (χ3v) is 5.94. The molecule has 1 aliphatic rings. The van der Waals surface area contributed by atoms with Crippen LogP contribution in [-0.2, 0) is 0 Å². The van der Waals surface area contributed by atoms with Gasteiger partial charge >= 0.3 is 0 Å². The number of methoxy groups -OCH3 is 2. The highest BCUT2D eigenvalue weighted by molar-refractivity contribution is 7.71. The molecular weight excluding hydrogens is 429 g/mol. The molecule has 9 heteroatoms. The number of aromatic nitrogens is 2. The SMILES string of the molecule is COc1cc2[nH]c(=S)nc(NCCCN3CCN(c4ccccc4F)CC3)c2cc1OC. The van der Waals surface area contributed by atoms with Crippen LogP contribution in [0, 0.1) is 10.6 Å². The van der Waals surface area contributed by atoms with Crippen molar-refractivity contribution in [1.82, 2.24) is 14.9 Å². The molecule has 0 bridgehead atoms. The van der Waals surface area contributed by atoms with Crippen LogP contribution in [0.15, 0.2) is 36.4 Å². The van der Waals surface area contributed by atoms with E-state index in [2.05, 4.69) is 25.1 Å². The molecule has 170 valence electrons. The number of piperazine rings is 1. The van der Waals surface area contributed by atoms with E-state index < -0.39 is 0 Å². The molecule has 0 radical (unpaired) electrons. The minimum absolute atomic E-state index is 0.152. The Morgan fingerprint density at radius 3 is 2.53 bits per heavy atom. The van der Waals surface area contributed by atoms with Gasteiger partial charge in [0.15, 0.2) is 16.3 Å². The van der Waals surface area contributed by atoms with E-state index >= 15 is 0 Å². The first-order valence-corrected chi connectivity index (χ1v) is 11.1. The Kier molecular flexibility index (Phi) is 7.06. The number of ether oxygens (including phenoxy) is 2.